The number of hydrogen-bond acceptors (Lipinski definition) is 6. The second-order valence-corrected chi connectivity index (χ2v) is 10.0. The Morgan fingerprint density at radius 2 is 1.73 bits per heavy atom. The van der Waals surface area contributed by atoms with E-state index < -0.39 is 23.8 Å². The summed E-state index contributed by atoms with van der Waals surface area (Å²) in [5, 5.41) is 5.72. The summed E-state index contributed by atoms with van der Waals surface area (Å²) in [6.45, 7) is 5.27. The molecular weight excluding hydrogens is 420 g/mol. The standard InChI is InChI=1S/C25H32N4O4/c30-22-9-8-21(23(31)27-22)29-24(32)19-7-6-17(11-20(19)25(29)33)13-28-14-18(15-28)4-1-3-16-5-2-10-26-12-16/h6-7,11,16,18,21,26H,1-5,8-10,12-15H2,(H,27,30,31). The van der Waals surface area contributed by atoms with Gasteiger partial charge in [-0.05, 0) is 74.7 Å². The third-order valence-corrected chi connectivity index (χ3v) is 7.57. The van der Waals surface area contributed by atoms with Gasteiger partial charge < -0.3 is 5.32 Å². The van der Waals surface area contributed by atoms with Crippen LogP contribution in [0.4, 0.5) is 0 Å². The van der Waals surface area contributed by atoms with Gasteiger partial charge in [0.1, 0.15) is 6.04 Å². The second-order valence-electron chi connectivity index (χ2n) is 10.0. The molecule has 176 valence electrons. The lowest BCUT2D eigenvalue weighted by Crippen LogP contribution is -2.54. The normalized spacial score (nSPS) is 26.4. The van der Waals surface area contributed by atoms with Crippen LogP contribution < -0.4 is 10.6 Å². The average molecular weight is 453 g/mol. The molecule has 1 aromatic carbocycles. The van der Waals surface area contributed by atoms with E-state index >= 15 is 0 Å². The maximum Gasteiger partial charge on any atom is 0.262 e. The highest BCUT2D eigenvalue weighted by atomic mass is 16.2. The number of amides is 4. The van der Waals surface area contributed by atoms with Gasteiger partial charge in [-0.25, -0.2) is 0 Å². The van der Waals surface area contributed by atoms with Crippen LogP contribution in [0.1, 0.15) is 71.2 Å². The fourth-order valence-electron chi connectivity index (χ4n) is 5.73. The molecule has 2 unspecified atom stereocenters. The lowest BCUT2D eigenvalue weighted by atomic mass is 9.88. The Bertz CT molecular complexity index is 965. The highest BCUT2D eigenvalue weighted by Crippen LogP contribution is 2.30. The highest BCUT2D eigenvalue weighted by molar-refractivity contribution is 6.23. The summed E-state index contributed by atoms with van der Waals surface area (Å²) >= 11 is 0. The van der Waals surface area contributed by atoms with Crippen LogP contribution >= 0.6 is 0 Å². The van der Waals surface area contributed by atoms with E-state index in [0.717, 1.165) is 41.9 Å². The van der Waals surface area contributed by atoms with Gasteiger partial charge in [0.2, 0.25) is 11.8 Å². The number of carbonyl (C=O) groups is 4. The molecular formula is C25H32N4O4. The van der Waals surface area contributed by atoms with Crippen LogP contribution in [0.2, 0.25) is 0 Å². The zero-order valence-corrected chi connectivity index (χ0v) is 19.0. The van der Waals surface area contributed by atoms with Crippen molar-refractivity contribution in [2.45, 2.75) is 57.5 Å². The molecule has 0 aromatic heterocycles. The average Bonchev–Trinajstić information content (AvgIpc) is 3.02. The van der Waals surface area contributed by atoms with Gasteiger partial charge in [-0.3, -0.25) is 34.3 Å². The molecule has 4 heterocycles. The van der Waals surface area contributed by atoms with Crippen molar-refractivity contribution in [2.75, 3.05) is 26.2 Å². The van der Waals surface area contributed by atoms with E-state index in [2.05, 4.69) is 15.5 Å². The lowest BCUT2D eigenvalue weighted by molar-refractivity contribution is -0.136. The Labute approximate surface area is 194 Å². The maximum absolute atomic E-state index is 13.0. The summed E-state index contributed by atoms with van der Waals surface area (Å²) in [6, 6.07) is 4.48. The van der Waals surface area contributed by atoms with Crippen LogP contribution in [0, 0.1) is 11.8 Å². The molecule has 3 fully saturated rings. The number of benzene rings is 1. The van der Waals surface area contributed by atoms with E-state index in [9.17, 15) is 19.2 Å². The van der Waals surface area contributed by atoms with Gasteiger partial charge in [0.15, 0.2) is 0 Å². The molecule has 2 N–H and O–H groups in total. The fraction of sp³-hybridized carbons (Fsp3) is 0.600. The molecule has 0 saturated carbocycles. The first kappa shape index (κ1) is 22.2. The lowest BCUT2D eigenvalue weighted by Gasteiger charge is -2.39. The molecule has 3 saturated heterocycles. The number of likely N-dealkylation sites (tertiary alicyclic amines) is 1. The van der Waals surface area contributed by atoms with Crippen molar-refractivity contribution in [1.29, 1.82) is 0 Å². The van der Waals surface area contributed by atoms with E-state index in [1.165, 1.54) is 45.2 Å². The van der Waals surface area contributed by atoms with Crippen molar-refractivity contribution in [3.8, 4) is 0 Å². The molecule has 8 nitrogen and oxygen atoms in total. The predicted molar refractivity (Wildman–Crippen MR) is 121 cm³/mol. The molecule has 2 atom stereocenters. The van der Waals surface area contributed by atoms with E-state index in [1.54, 1.807) is 12.1 Å². The molecule has 33 heavy (non-hydrogen) atoms. The Balaban J connectivity index is 1.13. The van der Waals surface area contributed by atoms with Gasteiger partial charge in [0.25, 0.3) is 11.8 Å². The maximum atomic E-state index is 13.0. The molecule has 4 aliphatic heterocycles. The number of fused-ring (bicyclic) bond motifs is 1. The number of imide groups is 2. The van der Waals surface area contributed by atoms with E-state index in [4.69, 9.17) is 0 Å². The third kappa shape index (κ3) is 4.59. The summed E-state index contributed by atoms with van der Waals surface area (Å²) in [7, 11) is 0. The summed E-state index contributed by atoms with van der Waals surface area (Å²) in [4.78, 5) is 52.8. The van der Waals surface area contributed by atoms with Gasteiger partial charge >= 0.3 is 0 Å². The number of carbonyl (C=O) groups excluding carboxylic acids is 4. The number of nitrogens with zero attached hydrogens (tertiary/aromatic N) is 2. The van der Waals surface area contributed by atoms with Gasteiger partial charge in [0.05, 0.1) is 11.1 Å². The summed E-state index contributed by atoms with van der Waals surface area (Å²) in [5.74, 6) is -0.233. The number of hydrogen-bond donors (Lipinski definition) is 2. The molecule has 8 heteroatoms. The molecule has 1 aromatic rings. The molecule has 0 spiro atoms. The van der Waals surface area contributed by atoms with Crippen molar-refractivity contribution in [2.24, 2.45) is 11.8 Å². The van der Waals surface area contributed by atoms with Gasteiger partial charge in [-0.2, -0.15) is 0 Å². The van der Waals surface area contributed by atoms with E-state index in [0.29, 0.717) is 11.1 Å². The van der Waals surface area contributed by atoms with Crippen LogP contribution in [0.5, 0.6) is 0 Å². The number of piperidine rings is 2. The minimum atomic E-state index is -0.918. The molecule has 0 aliphatic carbocycles. The SMILES string of the molecule is O=C1CCC(N2C(=O)c3ccc(CN4CC(CCCC5CCCNC5)C4)cc3C2=O)C(=O)N1. The Kier molecular flexibility index (Phi) is 6.29. The van der Waals surface area contributed by atoms with Crippen molar-refractivity contribution in [3.63, 3.8) is 0 Å². The summed E-state index contributed by atoms with van der Waals surface area (Å²) in [6.07, 6.45) is 6.89. The quantitative estimate of drug-likeness (QED) is 0.611. The fourth-order valence-corrected chi connectivity index (χ4v) is 5.73. The van der Waals surface area contributed by atoms with E-state index in [-0.39, 0.29) is 18.7 Å². The molecule has 0 radical (unpaired) electrons. The Hall–Kier alpha value is -2.58. The summed E-state index contributed by atoms with van der Waals surface area (Å²) in [5.41, 5.74) is 1.71. The van der Waals surface area contributed by atoms with E-state index in [1.807, 2.05) is 6.07 Å². The minimum Gasteiger partial charge on any atom is -0.316 e. The molecule has 0 bridgehead atoms. The van der Waals surface area contributed by atoms with Crippen LogP contribution in [-0.4, -0.2) is 65.6 Å². The second kappa shape index (κ2) is 9.35. The van der Waals surface area contributed by atoms with Crippen molar-refractivity contribution >= 4 is 23.6 Å². The van der Waals surface area contributed by atoms with Crippen molar-refractivity contribution < 1.29 is 19.2 Å². The van der Waals surface area contributed by atoms with Gasteiger partial charge in [-0.15, -0.1) is 0 Å². The van der Waals surface area contributed by atoms with Gasteiger partial charge in [-0.1, -0.05) is 12.5 Å². The smallest absolute Gasteiger partial charge is 0.262 e. The summed E-state index contributed by atoms with van der Waals surface area (Å²) < 4.78 is 0. The zero-order chi connectivity index (χ0) is 22.9. The topological polar surface area (TPSA) is 98.8 Å². The third-order valence-electron chi connectivity index (χ3n) is 7.57. The first-order valence-electron chi connectivity index (χ1n) is 12.3. The molecule has 4 aliphatic rings. The number of rotatable bonds is 7. The molecule has 4 amide bonds. The predicted octanol–water partition coefficient (Wildman–Crippen LogP) is 1.69. The van der Waals surface area contributed by atoms with Crippen LogP contribution in [0.25, 0.3) is 0 Å². The largest absolute Gasteiger partial charge is 0.316 e. The Morgan fingerprint density at radius 1 is 0.939 bits per heavy atom. The van der Waals surface area contributed by atoms with Crippen molar-refractivity contribution in [1.82, 2.24) is 20.4 Å². The minimum absolute atomic E-state index is 0.128. The van der Waals surface area contributed by atoms with Crippen LogP contribution in [0.3, 0.4) is 0 Å². The first-order chi connectivity index (χ1) is 16.0. The monoisotopic (exact) mass is 452 g/mol. The first-order valence-corrected chi connectivity index (χ1v) is 12.3. The molecule has 5 rings (SSSR count). The zero-order valence-electron chi connectivity index (χ0n) is 19.0. The number of nitrogens with one attached hydrogen (secondary N) is 2. The Morgan fingerprint density at radius 3 is 2.48 bits per heavy atom. The van der Waals surface area contributed by atoms with Gasteiger partial charge in [0, 0.05) is 26.1 Å². The van der Waals surface area contributed by atoms with Crippen LogP contribution in [0.15, 0.2) is 18.2 Å². The highest BCUT2D eigenvalue weighted by Gasteiger charge is 2.44. The van der Waals surface area contributed by atoms with Crippen LogP contribution in [-0.2, 0) is 16.1 Å². The van der Waals surface area contributed by atoms with Crippen molar-refractivity contribution in [3.05, 3.63) is 34.9 Å².